The molecule has 0 heterocycles. The van der Waals surface area contributed by atoms with Crippen molar-refractivity contribution < 1.29 is 13.2 Å². The molecule has 0 fully saturated rings. The SMILES string of the molecule is CCCOCC(C)CS(=O)(=O)Cl. The van der Waals surface area contributed by atoms with E-state index in [2.05, 4.69) is 0 Å². The van der Waals surface area contributed by atoms with E-state index in [1.807, 2.05) is 6.92 Å². The van der Waals surface area contributed by atoms with Crippen molar-refractivity contribution in [3.63, 3.8) is 0 Å². The molecule has 3 nitrogen and oxygen atoms in total. The molecule has 0 spiro atoms. The van der Waals surface area contributed by atoms with Gasteiger partial charge in [-0.1, -0.05) is 13.8 Å². The lowest BCUT2D eigenvalue weighted by atomic mass is 10.2. The molecular weight excluding hydrogens is 200 g/mol. The fourth-order valence-corrected chi connectivity index (χ4v) is 2.24. The predicted molar refractivity (Wildman–Crippen MR) is 49.9 cm³/mol. The zero-order valence-electron chi connectivity index (χ0n) is 7.42. The Morgan fingerprint density at radius 1 is 1.50 bits per heavy atom. The summed E-state index contributed by atoms with van der Waals surface area (Å²) < 4.78 is 26.3. The van der Waals surface area contributed by atoms with Crippen LogP contribution in [0.5, 0.6) is 0 Å². The lowest BCUT2D eigenvalue weighted by molar-refractivity contribution is 0.111. The molecule has 1 unspecified atom stereocenters. The summed E-state index contributed by atoms with van der Waals surface area (Å²) in [5.41, 5.74) is 0. The van der Waals surface area contributed by atoms with Crippen LogP contribution in [0.4, 0.5) is 0 Å². The first-order valence-corrected chi connectivity index (χ1v) is 6.43. The van der Waals surface area contributed by atoms with Gasteiger partial charge in [0.15, 0.2) is 0 Å². The van der Waals surface area contributed by atoms with Gasteiger partial charge in [0.2, 0.25) is 9.05 Å². The van der Waals surface area contributed by atoms with E-state index in [0.29, 0.717) is 13.2 Å². The van der Waals surface area contributed by atoms with Gasteiger partial charge in [0.25, 0.3) is 0 Å². The fraction of sp³-hybridized carbons (Fsp3) is 1.00. The van der Waals surface area contributed by atoms with Crippen LogP contribution < -0.4 is 0 Å². The van der Waals surface area contributed by atoms with Crippen molar-refractivity contribution in [2.45, 2.75) is 20.3 Å². The largest absolute Gasteiger partial charge is 0.381 e. The van der Waals surface area contributed by atoms with Crippen molar-refractivity contribution in [3.8, 4) is 0 Å². The van der Waals surface area contributed by atoms with Gasteiger partial charge in [0, 0.05) is 17.3 Å². The summed E-state index contributed by atoms with van der Waals surface area (Å²) in [6, 6.07) is 0. The zero-order valence-corrected chi connectivity index (χ0v) is 8.99. The Labute approximate surface area is 78.5 Å². The highest BCUT2D eigenvalue weighted by atomic mass is 35.7. The van der Waals surface area contributed by atoms with Crippen LogP contribution in [0.15, 0.2) is 0 Å². The summed E-state index contributed by atoms with van der Waals surface area (Å²) in [6.07, 6.45) is 0.945. The Kier molecular flexibility index (Phi) is 5.88. The summed E-state index contributed by atoms with van der Waals surface area (Å²) in [7, 11) is 1.69. The number of ether oxygens (including phenoxy) is 1. The van der Waals surface area contributed by atoms with Crippen molar-refractivity contribution in [3.05, 3.63) is 0 Å². The molecule has 0 rings (SSSR count). The summed E-state index contributed by atoms with van der Waals surface area (Å²) in [4.78, 5) is 0. The monoisotopic (exact) mass is 214 g/mol. The van der Waals surface area contributed by atoms with Crippen LogP contribution in [0, 0.1) is 5.92 Å². The fourth-order valence-electron chi connectivity index (χ4n) is 0.817. The lowest BCUT2D eigenvalue weighted by Crippen LogP contribution is -2.14. The minimum absolute atomic E-state index is 0.0156. The zero-order chi connectivity index (χ0) is 9.61. The maximum Gasteiger partial charge on any atom is 0.232 e. The molecule has 0 bridgehead atoms. The van der Waals surface area contributed by atoms with E-state index in [4.69, 9.17) is 15.4 Å². The predicted octanol–water partition coefficient (Wildman–Crippen LogP) is 1.62. The van der Waals surface area contributed by atoms with Gasteiger partial charge in [-0.2, -0.15) is 0 Å². The highest BCUT2D eigenvalue weighted by molar-refractivity contribution is 8.13. The van der Waals surface area contributed by atoms with E-state index in [1.54, 1.807) is 6.92 Å². The second-order valence-corrected chi connectivity index (χ2v) is 5.71. The molecule has 0 saturated heterocycles. The molecule has 0 aromatic carbocycles. The van der Waals surface area contributed by atoms with Crippen molar-refractivity contribution in [1.29, 1.82) is 0 Å². The van der Waals surface area contributed by atoms with E-state index in [1.165, 1.54) is 0 Å². The topological polar surface area (TPSA) is 43.4 Å². The molecule has 0 aliphatic carbocycles. The van der Waals surface area contributed by atoms with Crippen LogP contribution in [-0.2, 0) is 13.8 Å². The average molecular weight is 215 g/mol. The van der Waals surface area contributed by atoms with Gasteiger partial charge in [-0.25, -0.2) is 8.42 Å². The van der Waals surface area contributed by atoms with Gasteiger partial charge in [0.1, 0.15) is 0 Å². The number of halogens is 1. The number of rotatable bonds is 6. The third-order valence-corrected chi connectivity index (χ3v) is 2.58. The van der Waals surface area contributed by atoms with Gasteiger partial charge in [-0.15, -0.1) is 0 Å². The third-order valence-electron chi connectivity index (χ3n) is 1.23. The van der Waals surface area contributed by atoms with E-state index >= 15 is 0 Å². The van der Waals surface area contributed by atoms with E-state index < -0.39 is 9.05 Å². The van der Waals surface area contributed by atoms with Gasteiger partial charge in [-0.3, -0.25) is 0 Å². The third kappa shape index (κ3) is 8.30. The molecule has 0 N–H and O–H groups in total. The first-order chi connectivity index (χ1) is 5.45. The number of hydrogen-bond acceptors (Lipinski definition) is 3. The molecule has 0 aliphatic heterocycles. The normalized spacial score (nSPS) is 14.6. The standard InChI is InChI=1S/C7H15ClO3S/c1-3-4-11-5-7(2)6-12(8,9)10/h7H,3-6H2,1-2H3. The minimum Gasteiger partial charge on any atom is -0.381 e. The summed E-state index contributed by atoms with van der Waals surface area (Å²) in [6.45, 7) is 4.94. The maximum absolute atomic E-state index is 10.6. The summed E-state index contributed by atoms with van der Waals surface area (Å²) in [5.74, 6) is -0.0443. The molecule has 1 atom stereocenters. The highest BCUT2D eigenvalue weighted by Crippen LogP contribution is 2.05. The molecule has 0 radical (unpaired) electrons. The van der Waals surface area contributed by atoms with Crippen LogP contribution in [0.25, 0.3) is 0 Å². The van der Waals surface area contributed by atoms with Crippen molar-refractivity contribution in [2.75, 3.05) is 19.0 Å². The molecule has 0 aromatic heterocycles. The Morgan fingerprint density at radius 3 is 2.50 bits per heavy atom. The first kappa shape index (κ1) is 12.2. The Bertz CT molecular complexity index is 201. The van der Waals surface area contributed by atoms with Crippen LogP contribution in [0.1, 0.15) is 20.3 Å². The molecule has 5 heteroatoms. The molecule has 12 heavy (non-hydrogen) atoms. The molecular formula is C7H15ClO3S. The van der Waals surface area contributed by atoms with Crippen LogP contribution in [0.3, 0.4) is 0 Å². The Balaban J connectivity index is 3.53. The summed E-state index contributed by atoms with van der Waals surface area (Å²) >= 11 is 0. The van der Waals surface area contributed by atoms with Crippen molar-refractivity contribution in [1.82, 2.24) is 0 Å². The van der Waals surface area contributed by atoms with Gasteiger partial charge in [-0.05, 0) is 12.3 Å². The Hall–Kier alpha value is 0.200. The van der Waals surface area contributed by atoms with Gasteiger partial charge < -0.3 is 4.74 Å². The first-order valence-electron chi connectivity index (χ1n) is 3.95. The molecule has 0 aromatic rings. The lowest BCUT2D eigenvalue weighted by Gasteiger charge is -2.08. The Morgan fingerprint density at radius 2 is 2.08 bits per heavy atom. The maximum atomic E-state index is 10.6. The number of hydrogen-bond donors (Lipinski definition) is 0. The molecule has 0 amide bonds. The van der Waals surface area contributed by atoms with Crippen LogP contribution in [0.2, 0.25) is 0 Å². The smallest absolute Gasteiger partial charge is 0.232 e. The van der Waals surface area contributed by atoms with Crippen LogP contribution in [-0.4, -0.2) is 27.4 Å². The highest BCUT2D eigenvalue weighted by Gasteiger charge is 2.12. The summed E-state index contributed by atoms with van der Waals surface area (Å²) in [5, 5.41) is 0. The van der Waals surface area contributed by atoms with E-state index in [0.717, 1.165) is 6.42 Å². The van der Waals surface area contributed by atoms with Crippen molar-refractivity contribution in [2.24, 2.45) is 5.92 Å². The molecule has 0 saturated carbocycles. The van der Waals surface area contributed by atoms with Gasteiger partial charge >= 0.3 is 0 Å². The minimum atomic E-state index is -3.37. The van der Waals surface area contributed by atoms with Gasteiger partial charge in [0.05, 0.1) is 12.4 Å². The second-order valence-electron chi connectivity index (χ2n) is 2.89. The molecule has 0 aliphatic rings. The van der Waals surface area contributed by atoms with E-state index in [-0.39, 0.29) is 11.7 Å². The second kappa shape index (κ2) is 5.78. The molecule has 74 valence electrons. The van der Waals surface area contributed by atoms with Crippen LogP contribution >= 0.6 is 10.7 Å². The van der Waals surface area contributed by atoms with E-state index in [9.17, 15) is 8.42 Å². The van der Waals surface area contributed by atoms with Crippen molar-refractivity contribution >= 4 is 19.7 Å². The average Bonchev–Trinajstić information content (AvgIpc) is 1.84. The quantitative estimate of drug-likeness (QED) is 0.499.